The summed E-state index contributed by atoms with van der Waals surface area (Å²) in [5, 5.41) is 0. The zero-order valence-corrected chi connectivity index (χ0v) is 9.38. The van der Waals surface area contributed by atoms with Crippen LogP contribution in [-0.2, 0) is 0 Å². The first-order valence-corrected chi connectivity index (χ1v) is 5.07. The lowest BCUT2D eigenvalue weighted by Crippen LogP contribution is -2.09. The molecule has 0 radical (unpaired) electrons. The topological polar surface area (TPSA) is 45.8 Å². The highest BCUT2D eigenvalue weighted by atomic mass is 79.9. The summed E-state index contributed by atoms with van der Waals surface area (Å²) in [7, 11) is 0. The summed E-state index contributed by atoms with van der Waals surface area (Å²) in [6, 6.07) is 3.29. The van der Waals surface area contributed by atoms with Crippen molar-refractivity contribution in [1.29, 1.82) is 0 Å². The highest BCUT2D eigenvalue weighted by Gasteiger charge is 2.07. The predicted octanol–water partition coefficient (Wildman–Crippen LogP) is 2.48. The second kappa shape index (κ2) is 4.13. The number of nitrogens with zero attached hydrogens (tertiary/aromatic N) is 1. The minimum Gasteiger partial charge on any atom is -0.306 e. The van der Waals surface area contributed by atoms with Gasteiger partial charge in [-0.15, -0.1) is 0 Å². The summed E-state index contributed by atoms with van der Waals surface area (Å²) in [4.78, 5) is 17.6. The summed E-state index contributed by atoms with van der Waals surface area (Å²) in [6.07, 6.45) is 1.30. The van der Waals surface area contributed by atoms with E-state index >= 15 is 0 Å². The van der Waals surface area contributed by atoms with E-state index in [2.05, 4.69) is 25.9 Å². The zero-order valence-electron chi connectivity index (χ0n) is 7.80. The predicted molar refractivity (Wildman–Crippen MR) is 57.9 cm³/mol. The van der Waals surface area contributed by atoms with Crippen molar-refractivity contribution < 1.29 is 8.78 Å². The van der Waals surface area contributed by atoms with E-state index in [0.717, 1.165) is 12.1 Å². The van der Waals surface area contributed by atoms with E-state index in [1.165, 1.54) is 12.3 Å². The number of hydrogen-bond acceptors (Lipinski definition) is 2. The molecule has 0 aliphatic heterocycles. The number of halogens is 3. The summed E-state index contributed by atoms with van der Waals surface area (Å²) >= 11 is 2.99. The fourth-order valence-corrected chi connectivity index (χ4v) is 1.37. The first-order valence-electron chi connectivity index (χ1n) is 4.28. The van der Waals surface area contributed by atoms with Crippen molar-refractivity contribution in [3.63, 3.8) is 0 Å². The molecule has 0 fully saturated rings. The van der Waals surface area contributed by atoms with Gasteiger partial charge < -0.3 is 4.98 Å². The van der Waals surface area contributed by atoms with E-state index in [-0.39, 0.29) is 15.9 Å². The van der Waals surface area contributed by atoms with E-state index in [9.17, 15) is 13.6 Å². The third kappa shape index (κ3) is 2.01. The molecule has 0 saturated heterocycles. The molecule has 1 aromatic heterocycles. The smallest absolute Gasteiger partial charge is 0.265 e. The van der Waals surface area contributed by atoms with Gasteiger partial charge in [0.15, 0.2) is 11.6 Å². The van der Waals surface area contributed by atoms with Gasteiger partial charge in [0.05, 0.1) is 0 Å². The number of aromatic amines is 1. The summed E-state index contributed by atoms with van der Waals surface area (Å²) in [5.74, 6) is -1.74. The quantitative estimate of drug-likeness (QED) is 0.875. The van der Waals surface area contributed by atoms with Crippen LogP contribution in [0.3, 0.4) is 0 Å². The monoisotopic (exact) mass is 286 g/mol. The van der Waals surface area contributed by atoms with Crippen LogP contribution < -0.4 is 5.56 Å². The Hall–Kier alpha value is -1.56. The van der Waals surface area contributed by atoms with Crippen molar-refractivity contribution in [3.05, 3.63) is 50.9 Å². The van der Waals surface area contributed by atoms with Crippen LogP contribution in [0.1, 0.15) is 0 Å². The maximum Gasteiger partial charge on any atom is 0.265 e. The lowest BCUT2D eigenvalue weighted by atomic mass is 10.2. The zero-order chi connectivity index (χ0) is 11.7. The SMILES string of the molecule is O=c1[nH]c(-c2ccc(F)c(F)c2)ncc1Br. The molecule has 1 aromatic carbocycles. The molecule has 2 aromatic rings. The van der Waals surface area contributed by atoms with Crippen LogP contribution in [0.4, 0.5) is 8.78 Å². The lowest BCUT2D eigenvalue weighted by Gasteiger charge is -2.01. The molecule has 2 rings (SSSR count). The van der Waals surface area contributed by atoms with Crippen molar-refractivity contribution in [2.24, 2.45) is 0 Å². The van der Waals surface area contributed by atoms with Crippen LogP contribution in [0.2, 0.25) is 0 Å². The van der Waals surface area contributed by atoms with Crippen LogP contribution in [0.5, 0.6) is 0 Å². The highest BCUT2D eigenvalue weighted by Crippen LogP contribution is 2.17. The van der Waals surface area contributed by atoms with E-state index in [1.807, 2.05) is 0 Å². The van der Waals surface area contributed by atoms with Gasteiger partial charge >= 0.3 is 0 Å². The molecule has 0 bridgehead atoms. The van der Waals surface area contributed by atoms with Crippen molar-refractivity contribution in [3.8, 4) is 11.4 Å². The van der Waals surface area contributed by atoms with Crippen molar-refractivity contribution in [2.45, 2.75) is 0 Å². The maximum absolute atomic E-state index is 12.9. The lowest BCUT2D eigenvalue weighted by molar-refractivity contribution is 0.509. The van der Waals surface area contributed by atoms with Crippen LogP contribution in [0, 0.1) is 11.6 Å². The Labute approximate surface area is 97.3 Å². The molecular weight excluding hydrogens is 282 g/mol. The van der Waals surface area contributed by atoms with Crippen LogP contribution in [-0.4, -0.2) is 9.97 Å². The van der Waals surface area contributed by atoms with E-state index in [1.54, 1.807) is 0 Å². The average Bonchev–Trinajstić information content (AvgIpc) is 2.26. The Morgan fingerprint density at radius 2 is 2.00 bits per heavy atom. The van der Waals surface area contributed by atoms with Crippen LogP contribution >= 0.6 is 15.9 Å². The van der Waals surface area contributed by atoms with E-state index in [0.29, 0.717) is 5.56 Å². The molecule has 0 saturated carbocycles. The van der Waals surface area contributed by atoms with E-state index < -0.39 is 11.6 Å². The van der Waals surface area contributed by atoms with Gasteiger partial charge in [-0.25, -0.2) is 13.8 Å². The number of nitrogens with one attached hydrogen (secondary N) is 1. The molecule has 1 heterocycles. The fraction of sp³-hybridized carbons (Fsp3) is 0. The van der Waals surface area contributed by atoms with Gasteiger partial charge in [-0.2, -0.15) is 0 Å². The van der Waals surface area contributed by atoms with Crippen LogP contribution in [0.15, 0.2) is 33.7 Å². The normalized spacial score (nSPS) is 10.4. The molecule has 0 amide bonds. The minimum absolute atomic E-state index is 0.187. The van der Waals surface area contributed by atoms with Crippen LogP contribution in [0.25, 0.3) is 11.4 Å². The molecule has 0 aliphatic carbocycles. The standard InChI is InChI=1S/C10H5BrF2N2O/c11-6-4-14-9(15-10(6)16)5-1-2-7(12)8(13)3-5/h1-4H,(H,14,15,16). The first kappa shape index (κ1) is 10.9. The Bertz CT molecular complexity index is 598. The van der Waals surface area contributed by atoms with Gasteiger partial charge in [-0.05, 0) is 34.1 Å². The van der Waals surface area contributed by atoms with Gasteiger partial charge in [0, 0.05) is 11.8 Å². The van der Waals surface area contributed by atoms with Gasteiger partial charge in [0.25, 0.3) is 5.56 Å². The Kier molecular flexibility index (Phi) is 2.82. The van der Waals surface area contributed by atoms with Crippen molar-refractivity contribution in [1.82, 2.24) is 9.97 Å². The van der Waals surface area contributed by atoms with Gasteiger partial charge in [0.2, 0.25) is 0 Å². The molecule has 16 heavy (non-hydrogen) atoms. The molecule has 82 valence electrons. The first-order chi connectivity index (χ1) is 7.58. The molecule has 3 nitrogen and oxygen atoms in total. The Morgan fingerprint density at radius 1 is 1.25 bits per heavy atom. The minimum atomic E-state index is -0.983. The second-order valence-electron chi connectivity index (χ2n) is 3.04. The summed E-state index contributed by atoms with van der Waals surface area (Å²) in [5.41, 5.74) is -0.0711. The van der Waals surface area contributed by atoms with Crippen molar-refractivity contribution in [2.75, 3.05) is 0 Å². The van der Waals surface area contributed by atoms with Gasteiger partial charge in [-0.1, -0.05) is 0 Å². The second-order valence-corrected chi connectivity index (χ2v) is 3.89. The largest absolute Gasteiger partial charge is 0.306 e. The number of aromatic nitrogens is 2. The molecule has 6 heteroatoms. The Morgan fingerprint density at radius 3 is 2.62 bits per heavy atom. The van der Waals surface area contributed by atoms with Crippen molar-refractivity contribution >= 4 is 15.9 Å². The molecule has 0 spiro atoms. The van der Waals surface area contributed by atoms with Gasteiger partial charge in [0.1, 0.15) is 10.3 Å². The average molecular weight is 287 g/mol. The number of rotatable bonds is 1. The van der Waals surface area contributed by atoms with E-state index in [4.69, 9.17) is 0 Å². The third-order valence-electron chi connectivity index (χ3n) is 1.95. The Balaban J connectivity index is 2.55. The summed E-state index contributed by atoms with van der Waals surface area (Å²) < 4.78 is 25.9. The number of benzene rings is 1. The molecule has 0 aliphatic rings. The molecule has 0 unspecified atom stereocenters. The fourth-order valence-electron chi connectivity index (χ4n) is 1.17. The highest BCUT2D eigenvalue weighted by molar-refractivity contribution is 9.10. The number of H-pyrrole nitrogens is 1. The third-order valence-corrected chi connectivity index (χ3v) is 2.51. The van der Waals surface area contributed by atoms with Gasteiger partial charge in [-0.3, -0.25) is 4.79 Å². The number of hydrogen-bond donors (Lipinski definition) is 1. The molecular formula is C10H5BrF2N2O. The summed E-state index contributed by atoms with van der Waals surface area (Å²) in [6.45, 7) is 0. The molecule has 0 atom stereocenters. The maximum atomic E-state index is 12.9. The molecule has 1 N–H and O–H groups in total.